The van der Waals surface area contributed by atoms with Crippen LogP contribution in [-0.2, 0) is 11.3 Å². The Morgan fingerprint density at radius 1 is 1.18 bits per heavy atom. The van der Waals surface area contributed by atoms with Crippen LogP contribution in [-0.4, -0.2) is 22.5 Å². The van der Waals surface area contributed by atoms with Crippen molar-refractivity contribution in [3.05, 3.63) is 54.1 Å². The summed E-state index contributed by atoms with van der Waals surface area (Å²) in [6, 6.07) is 11.0. The molecular weight excluding hydrogens is 282 g/mol. The van der Waals surface area contributed by atoms with Crippen LogP contribution in [0.1, 0.15) is 23.2 Å². The number of fused-ring (bicyclic) bond motifs is 1. The van der Waals surface area contributed by atoms with Crippen molar-refractivity contribution in [3.8, 4) is 0 Å². The van der Waals surface area contributed by atoms with Gasteiger partial charge in [-0.3, -0.25) is 0 Å². The highest BCUT2D eigenvalue weighted by atomic mass is 16.5. The zero-order valence-electron chi connectivity index (χ0n) is 12.1. The molecule has 0 aliphatic rings. The molecule has 0 fully saturated rings. The predicted octanol–water partition coefficient (Wildman–Crippen LogP) is 3.01. The van der Waals surface area contributed by atoms with Crippen LogP contribution in [0.25, 0.3) is 11.0 Å². The summed E-state index contributed by atoms with van der Waals surface area (Å²) in [5.74, 6) is 0.626. The Bertz CT molecular complexity index is 784. The van der Waals surface area contributed by atoms with Crippen LogP contribution in [0.4, 0.5) is 5.82 Å². The number of hydrogen-bond acceptors (Lipinski definition) is 6. The van der Waals surface area contributed by atoms with E-state index in [2.05, 4.69) is 15.3 Å². The second-order valence-corrected chi connectivity index (χ2v) is 4.56. The number of nitrogens with one attached hydrogen (secondary N) is 1. The second-order valence-electron chi connectivity index (χ2n) is 4.56. The first-order chi connectivity index (χ1) is 10.8. The molecule has 0 unspecified atom stereocenters. The van der Waals surface area contributed by atoms with E-state index in [4.69, 9.17) is 9.15 Å². The predicted molar refractivity (Wildman–Crippen MR) is 81.5 cm³/mol. The maximum atomic E-state index is 12.1. The molecule has 0 radical (unpaired) electrons. The minimum Gasteiger partial charge on any atom is -0.467 e. The van der Waals surface area contributed by atoms with Gasteiger partial charge in [0.15, 0.2) is 11.5 Å². The standard InChI is InChI=1S/C16H15N3O3/c1-2-21-16(20)14-15(17-10-11-6-5-9-22-11)19-13-8-4-3-7-12(13)18-14/h3-9H,2,10H2,1H3,(H,17,19). The highest BCUT2D eigenvalue weighted by molar-refractivity contribution is 5.95. The number of carbonyl (C=O) groups is 1. The number of carbonyl (C=O) groups excluding carboxylic acids is 1. The quantitative estimate of drug-likeness (QED) is 0.729. The first-order valence-corrected chi connectivity index (χ1v) is 6.98. The van der Waals surface area contributed by atoms with Gasteiger partial charge in [-0.1, -0.05) is 12.1 Å². The molecule has 6 heteroatoms. The zero-order chi connectivity index (χ0) is 15.4. The van der Waals surface area contributed by atoms with E-state index in [-0.39, 0.29) is 12.3 Å². The molecule has 0 spiro atoms. The van der Waals surface area contributed by atoms with Gasteiger partial charge in [0.25, 0.3) is 0 Å². The smallest absolute Gasteiger partial charge is 0.360 e. The summed E-state index contributed by atoms with van der Waals surface area (Å²) in [7, 11) is 0. The van der Waals surface area contributed by atoms with Gasteiger partial charge < -0.3 is 14.5 Å². The van der Waals surface area contributed by atoms with Crippen molar-refractivity contribution in [2.45, 2.75) is 13.5 Å². The molecule has 0 bridgehead atoms. The first kappa shape index (κ1) is 14.1. The monoisotopic (exact) mass is 297 g/mol. The zero-order valence-corrected chi connectivity index (χ0v) is 12.1. The van der Waals surface area contributed by atoms with Crippen molar-refractivity contribution in [2.24, 2.45) is 0 Å². The average Bonchev–Trinajstić information content (AvgIpc) is 3.05. The van der Waals surface area contributed by atoms with Gasteiger partial charge in [-0.15, -0.1) is 0 Å². The molecule has 22 heavy (non-hydrogen) atoms. The topological polar surface area (TPSA) is 77.2 Å². The Kier molecular flexibility index (Phi) is 4.00. The summed E-state index contributed by atoms with van der Waals surface area (Å²) in [6.07, 6.45) is 1.59. The van der Waals surface area contributed by atoms with Crippen LogP contribution >= 0.6 is 0 Å². The van der Waals surface area contributed by atoms with Gasteiger partial charge in [-0.2, -0.15) is 0 Å². The Morgan fingerprint density at radius 2 is 1.95 bits per heavy atom. The number of nitrogens with zero attached hydrogens (tertiary/aromatic N) is 2. The first-order valence-electron chi connectivity index (χ1n) is 6.98. The molecule has 3 aromatic rings. The third-order valence-electron chi connectivity index (χ3n) is 3.05. The summed E-state index contributed by atoms with van der Waals surface area (Å²) in [4.78, 5) is 20.9. The number of hydrogen-bond donors (Lipinski definition) is 1. The van der Waals surface area contributed by atoms with E-state index in [1.165, 1.54) is 0 Å². The lowest BCUT2D eigenvalue weighted by Crippen LogP contribution is -2.13. The van der Waals surface area contributed by atoms with Crippen LogP contribution in [0.3, 0.4) is 0 Å². The molecule has 1 N–H and O–H groups in total. The number of esters is 1. The minimum absolute atomic E-state index is 0.173. The lowest BCUT2D eigenvalue weighted by atomic mass is 10.2. The number of anilines is 1. The lowest BCUT2D eigenvalue weighted by molar-refractivity contribution is 0.0520. The number of benzene rings is 1. The normalized spacial score (nSPS) is 10.6. The van der Waals surface area contributed by atoms with Gasteiger partial charge in [0.2, 0.25) is 0 Å². The Labute approximate surface area is 127 Å². The maximum Gasteiger partial charge on any atom is 0.360 e. The van der Waals surface area contributed by atoms with Crippen LogP contribution < -0.4 is 5.32 Å². The number of aromatic nitrogens is 2. The van der Waals surface area contributed by atoms with E-state index < -0.39 is 5.97 Å². The molecule has 1 aromatic carbocycles. The second kappa shape index (κ2) is 6.26. The molecule has 0 amide bonds. The summed E-state index contributed by atoms with van der Waals surface area (Å²) >= 11 is 0. The van der Waals surface area contributed by atoms with Crippen LogP contribution in [0.2, 0.25) is 0 Å². The summed E-state index contributed by atoms with van der Waals surface area (Å²) in [5, 5.41) is 3.08. The molecule has 2 heterocycles. The van der Waals surface area contributed by atoms with Crippen LogP contribution in [0.5, 0.6) is 0 Å². The summed E-state index contributed by atoms with van der Waals surface area (Å²) < 4.78 is 10.3. The van der Waals surface area contributed by atoms with E-state index in [0.717, 1.165) is 5.76 Å². The molecule has 0 aliphatic carbocycles. The van der Waals surface area contributed by atoms with Gasteiger partial charge in [0.05, 0.1) is 30.4 Å². The van der Waals surface area contributed by atoms with Crippen LogP contribution in [0, 0.1) is 0 Å². The van der Waals surface area contributed by atoms with Crippen molar-refractivity contribution in [3.63, 3.8) is 0 Å². The number of para-hydroxylation sites is 2. The van der Waals surface area contributed by atoms with Crippen molar-refractivity contribution < 1.29 is 13.9 Å². The summed E-state index contributed by atoms with van der Waals surface area (Å²) in [5.41, 5.74) is 1.53. The fraction of sp³-hybridized carbons (Fsp3) is 0.188. The molecular formula is C16H15N3O3. The lowest BCUT2D eigenvalue weighted by Gasteiger charge is -2.10. The van der Waals surface area contributed by atoms with Crippen molar-refractivity contribution in [1.29, 1.82) is 0 Å². The highest BCUT2D eigenvalue weighted by Gasteiger charge is 2.17. The van der Waals surface area contributed by atoms with Crippen molar-refractivity contribution in [2.75, 3.05) is 11.9 Å². The Hall–Kier alpha value is -2.89. The van der Waals surface area contributed by atoms with Gasteiger partial charge in [0, 0.05) is 0 Å². The number of rotatable bonds is 5. The van der Waals surface area contributed by atoms with E-state index in [9.17, 15) is 4.79 Å². The molecule has 2 aromatic heterocycles. The van der Waals surface area contributed by atoms with Crippen molar-refractivity contribution in [1.82, 2.24) is 9.97 Å². The SMILES string of the molecule is CCOC(=O)c1nc2ccccc2nc1NCc1ccco1. The maximum absolute atomic E-state index is 12.1. The molecule has 0 aliphatic heterocycles. The van der Waals surface area contributed by atoms with E-state index >= 15 is 0 Å². The van der Waals surface area contributed by atoms with E-state index in [1.54, 1.807) is 25.3 Å². The minimum atomic E-state index is -0.498. The average molecular weight is 297 g/mol. The molecule has 0 atom stereocenters. The molecule has 6 nitrogen and oxygen atoms in total. The third kappa shape index (κ3) is 2.90. The third-order valence-corrected chi connectivity index (χ3v) is 3.05. The van der Waals surface area contributed by atoms with Gasteiger partial charge in [-0.05, 0) is 31.2 Å². The molecule has 0 saturated carbocycles. The fourth-order valence-electron chi connectivity index (χ4n) is 2.05. The molecule has 0 saturated heterocycles. The van der Waals surface area contributed by atoms with Gasteiger partial charge in [0.1, 0.15) is 5.76 Å². The highest BCUT2D eigenvalue weighted by Crippen LogP contribution is 2.18. The number of ether oxygens (including phenoxy) is 1. The number of furan rings is 1. The molecule has 3 rings (SSSR count). The Balaban J connectivity index is 1.97. The Morgan fingerprint density at radius 3 is 2.64 bits per heavy atom. The van der Waals surface area contributed by atoms with E-state index in [0.29, 0.717) is 23.4 Å². The van der Waals surface area contributed by atoms with E-state index in [1.807, 2.05) is 24.3 Å². The van der Waals surface area contributed by atoms with Crippen molar-refractivity contribution >= 4 is 22.8 Å². The van der Waals surface area contributed by atoms with Gasteiger partial charge >= 0.3 is 5.97 Å². The van der Waals surface area contributed by atoms with Gasteiger partial charge in [-0.25, -0.2) is 14.8 Å². The summed E-state index contributed by atoms with van der Waals surface area (Å²) in [6.45, 7) is 2.44. The fourth-order valence-corrected chi connectivity index (χ4v) is 2.05. The van der Waals surface area contributed by atoms with Crippen LogP contribution in [0.15, 0.2) is 47.1 Å². The molecule has 112 valence electrons. The largest absolute Gasteiger partial charge is 0.467 e.